The lowest BCUT2D eigenvalue weighted by Crippen LogP contribution is -2.05. The topological polar surface area (TPSA) is 91.3 Å². The number of carboxylic acid groups (broad SMARTS) is 1. The van der Waals surface area contributed by atoms with Gasteiger partial charge < -0.3 is 15.7 Å². The molecule has 2 aromatic rings. The number of carbonyl (C=O) groups is 2. The van der Waals surface area contributed by atoms with E-state index in [0.29, 0.717) is 10.8 Å². The van der Waals surface area contributed by atoms with E-state index in [1.165, 1.54) is 13.1 Å². The molecular weight excluding hydrogens is 266 g/mol. The predicted molar refractivity (Wildman–Crippen MR) is 73.1 cm³/mol. The molecule has 1 aromatic heterocycles. The minimum atomic E-state index is -1.00. The van der Waals surface area contributed by atoms with Crippen LogP contribution in [0.1, 0.15) is 16.6 Å². The summed E-state index contributed by atoms with van der Waals surface area (Å²) in [5, 5.41) is 14.9. The summed E-state index contributed by atoms with van der Waals surface area (Å²) in [6.45, 7) is 1.43. The summed E-state index contributed by atoms with van der Waals surface area (Å²) < 4.78 is 0. The molecule has 7 heteroatoms. The summed E-state index contributed by atoms with van der Waals surface area (Å²) in [5.41, 5.74) is 1.38. The summed E-state index contributed by atoms with van der Waals surface area (Å²) in [6.07, 6.45) is 1.30. The van der Waals surface area contributed by atoms with Crippen LogP contribution >= 0.6 is 11.3 Å². The first-order chi connectivity index (χ1) is 9.04. The van der Waals surface area contributed by atoms with Gasteiger partial charge >= 0.3 is 5.97 Å². The van der Waals surface area contributed by atoms with E-state index in [9.17, 15) is 9.59 Å². The molecule has 98 valence electrons. The van der Waals surface area contributed by atoms with Crippen LogP contribution in [0.5, 0.6) is 0 Å². The molecule has 0 aliphatic carbocycles. The maximum atomic E-state index is 11.0. The Balaban J connectivity index is 2.13. The zero-order chi connectivity index (χ0) is 13.8. The lowest BCUT2D eigenvalue weighted by Gasteiger charge is -2.06. The number of rotatable bonds is 4. The fraction of sp³-hybridized carbons (Fsp3) is 0.0833. The van der Waals surface area contributed by atoms with Crippen molar-refractivity contribution < 1.29 is 14.7 Å². The van der Waals surface area contributed by atoms with Gasteiger partial charge in [-0.05, 0) is 18.2 Å². The summed E-state index contributed by atoms with van der Waals surface area (Å²) in [5.74, 6) is -1.16. The van der Waals surface area contributed by atoms with E-state index in [4.69, 9.17) is 5.11 Å². The zero-order valence-corrected chi connectivity index (χ0v) is 10.8. The Hall–Kier alpha value is -2.41. The summed E-state index contributed by atoms with van der Waals surface area (Å²) in [4.78, 5) is 25.8. The number of benzene rings is 1. The fourth-order valence-electron chi connectivity index (χ4n) is 1.43. The third kappa shape index (κ3) is 3.52. The number of amides is 1. The van der Waals surface area contributed by atoms with Crippen LogP contribution in [0, 0.1) is 0 Å². The van der Waals surface area contributed by atoms with E-state index in [2.05, 4.69) is 15.6 Å². The Morgan fingerprint density at radius 3 is 2.68 bits per heavy atom. The van der Waals surface area contributed by atoms with Gasteiger partial charge in [-0.1, -0.05) is 17.4 Å². The number of hydrogen-bond donors (Lipinski definition) is 3. The van der Waals surface area contributed by atoms with E-state index < -0.39 is 5.97 Å². The van der Waals surface area contributed by atoms with Crippen LogP contribution in [0.25, 0.3) is 0 Å². The van der Waals surface area contributed by atoms with Gasteiger partial charge in [-0.25, -0.2) is 9.78 Å². The second-order valence-electron chi connectivity index (χ2n) is 3.72. The molecule has 0 fully saturated rings. The quantitative estimate of drug-likeness (QED) is 0.798. The molecule has 1 aromatic carbocycles. The van der Waals surface area contributed by atoms with E-state index in [0.717, 1.165) is 17.0 Å². The van der Waals surface area contributed by atoms with Gasteiger partial charge in [-0.15, -0.1) is 0 Å². The van der Waals surface area contributed by atoms with Gasteiger partial charge in [0.2, 0.25) is 5.91 Å². The number of nitrogens with one attached hydrogen (secondary N) is 2. The standard InChI is InChI=1S/C12H11N3O3S/c1-7(16)14-8-3-2-4-9(5-8)15-12-13-6-10(19-12)11(17)18/h2-6H,1H3,(H,13,15)(H,14,16)(H,17,18). The smallest absolute Gasteiger partial charge is 0.347 e. The lowest BCUT2D eigenvalue weighted by atomic mass is 10.3. The average molecular weight is 277 g/mol. The van der Waals surface area contributed by atoms with Crippen molar-refractivity contribution >= 4 is 39.7 Å². The molecule has 6 nitrogen and oxygen atoms in total. The van der Waals surface area contributed by atoms with Crippen molar-refractivity contribution in [1.29, 1.82) is 0 Å². The lowest BCUT2D eigenvalue weighted by molar-refractivity contribution is -0.114. The van der Waals surface area contributed by atoms with Crippen LogP contribution in [-0.2, 0) is 4.79 Å². The third-order valence-corrected chi connectivity index (χ3v) is 3.05. The Bertz CT molecular complexity index is 624. The number of carboxylic acids is 1. The fourth-order valence-corrected chi connectivity index (χ4v) is 2.11. The van der Waals surface area contributed by atoms with E-state index >= 15 is 0 Å². The van der Waals surface area contributed by atoms with E-state index in [1.54, 1.807) is 24.3 Å². The molecular formula is C12H11N3O3S. The van der Waals surface area contributed by atoms with Crippen molar-refractivity contribution in [3.8, 4) is 0 Å². The van der Waals surface area contributed by atoms with Gasteiger partial charge in [0, 0.05) is 18.3 Å². The normalized spacial score (nSPS) is 9.95. The van der Waals surface area contributed by atoms with Gasteiger partial charge in [-0.2, -0.15) is 0 Å². The number of hydrogen-bond acceptors (Lipinski definition) is 5. The minimum absolute atomic E-state index is 0.153. The highest BCUT2D eigenvalue weighted by Gasteiger charge is 2.08. The molecule has 0 bridgehead atoms. The van der Waals surface area contributed by atoms with Gasteiger partial charge in [-0.3, -0.25) is 4.79 Å². The molecule has 0 atom stereocenters. The van der Waals surface area contributed by atoms with Crippen LogP contribution in [0.4, 0.5) is 16.5 Å². The number of aromatic nitrogens is 1. The molecule has 3 N–H and O–H groups in total. The molecule has 2 rings (SSSR count). The van der Waals surface area contributed by atoms with Gasteiger partial charge in [0.1, 0.15) is 4.88 Å². The zero-order valence-electron chi connectivity index (χ0n) is 10.0. The number of nitrogens with zero attached hydrogens (tertiary/aromatic N) is 1. The Labute approximate surface area is 113 Å². The maximum absolute atomic E-state index is 11.0. The van der Waals surface area contributed by atoms with Crippen LogP contribution < -0.4 is 10.6 Å². The van der Waals surface area contributed by atoms with Crippen LogP contribution in [0.3, 0.4) is 0 Å². The highest BCUT2D eigenvalue weighted by Crippen LogP contribution is 2.24. The molecule has 1 heterocycles. The maximum Gasteiger partial charge on any atom is 0.347 e. The molecule has 0 spiro atoms. The Kier molecular flexibility index (Phi) is 3.76. The first-order valence-corrected chi connectivity index (χ1v) is 6.20. The predicted octanol–water partition coefficient (Wildman–Crippen LogP) is 2.54. The van der Waals surface area contributed by atoms with E-state index in [1.807, 2.05) is 0 Å². The largest absolute Gasteiger partial charge is 0.477 e. The number of carbonyl (C=O) groups excluding carboxylic acids is 1. The number of aromatic carboxylic acids is 1. The summed E-state index contributed by atoms with van der Waals surface area (Å²) >= 11 is 1.05. The van der Waals surface area contributed by atoms with Crippen LogP contribution in [0.15, 0.2) is 30.5 Å². The van der Waals surface area contributed by atoms with Crippen molar-refractivity contribution in [2.45, 2.75) is 6.92 Å². The number of anilines is 3. The highest BCUT2D eigenvalue weighted by atomic mass is 32.1. The van der Waals surface area contributed by atoms with Crippen molar-refractivity contribution in [3.63, 3.8) is 0 Å². The second-order valence-corrected chi connectivity index (χ2v) is 4.75. The summed E-state index contributed by atoms with van der Waals surface area (Å²) in [6, 6.07) is 7.08. The summed E-state index contributed by atoms with van der Waals surface area (Å²) in [7, 11) is 0. The van der Waals surface area contributed by atoms with Crippen molar-refractivity contribution in [3.05, 3.63) is 35.3 Å². The first-order valence-electron chi connectivity index (χ1n) is 5.38. The monoisotopic (exact) mass is 277 g/mol. The minimum Gasteiger partial charge on any atom is -0.477 e. The van der Waals surface area contributed by atoms with Crippen LogP contribution in [-0.4, -0.2) is 22.0 Å². The molecule has 0 unspecified atom stereocenters. The number of thiazole rings is 1. The van der Waals surface area contributed by atoms with Gasteiger partial charge in [0.25, 0.3) is 0 Å². The third-order valence-electron chi connectivity index (χ3n) is 2.15. The molecule has 0 radical (unpaired) electrons. The molecule has 0 aliphatic rings. The van der Waals surface area contributed by atoms with Crippen molar-refractivity contribution in [2.75, 3.05) is 10.6 Å². The highest BCUT2D eigenvalue weighted by molar-refractivity contribution is 7.17. The molecule has 1 amide bonds. The Morgan fingerprint density at radius 2 is 2.05 bits per heavy atom. The van der Waals surface area contributed by atoms with Crippen LogP contribution in [0.2, 0.25) is 0 Å². The second kappa shape index (κ2) is 5.49. The van der Waals surface area contributed by atoms with Crippen molar-refractivity contribution in [1.82, 2.24) is 4.98 Å². The first kappa shape index (κ1) is 13.0. The van der Waals surface area contributed by atoms with E-state index in [-0.39, 0.29) is 10.8 Å². The molecule has 0 aliphatic heterocycles. The molecule has 0 saturated carbocycles. The molecule has 19 heavy (non-hydrogen) atoms. The average Bonchev–Trinajstić information content (AvgIpc) is 2.77. The van der Waals surface area contributed by atoms with Crippen molar-refractivity contribution in [2.24, 2.45) is 0 Å². The van der Waals surface area contributed by atoms with Gasteiger partial charge in [0.15, 0.2) is 5.13 Å². The molecule has 0 saturated heterocycles. The SMILES string of the molecule is CC(=O)Nc1cccc(Nc2ncc(C(=O)O)s2)c1. The Morgan fingerprint density at radius 1 is 1.32 bits per heavy atom. The van der Waals surface area contributed by atoms with Gasteiger partial charge in [0.05, 0.1) is 6.20 Å².